The second kappa shape index (κ2) is 6.04. The second-order valence-corrected chi connectivity index (χ2v) is 4.89. The van der Waals surface area contributed by atoms with Crippen molar-refractivity contribution < 1.29 is 18.3 Å². The summed E-state index contributed by atoms with van der Waals surface area (Å²) in [6, 6.07) is 6.98. The molecule has 21 heavy (non-hydrogen) atoms. The number of methoxy groups -OCH3 is 1. The number of rotatable bonds is 4. The average Bonchev–Trinajstić information content (AvgIpc) is 2.45. The molecule has 2 rings (SSSR count). The van der Waals surface area contributed by atoms with Crippen molar-refractivity contribution in [3.05, 3.63) is 64.2 Å². The fourth-order valence-corrected chi connectivity index (χ4v) is 2.23. The first-order valence-corrected chi connectivity index (χ1v) is 6.56. The summed E-state index contributed by atoms with van der Waals surface area (Å²) in [5.41, 5.74) is 1.95. The summed E-state index contributed by atoms with van der Waals surface area (Å²) < 4.78 is 32.5. The van der Waals surface area contributed by atoms with Gasteiger partial charge in [-0.1, -0.05) is 12.1 Å². The SMILES string of the molecule is COc1c(C(=O)Cc2c(F)cccc2F)ccc(C)c1C. The zero-order valence-electron chi connectivity index (χ0n) is 12.2. The molecule has 0 spiro atoms. The van der Waals surface area contributed by atoms with Gasteiger partial charge in [-0.25, -0.2) is 8.78 Å². The Hall–Kier alpha value is -2.23. The average molecular weight is 290 g/mol. The summed E-state index contributed by atoms with van der Waals surface area (Å²) in [4.78, 5) is 12.3. The number of benzene rings is 2. The standard InChI is InChI=1S/C17H16F2O2/c1-10-7-8-12(17(21-3)11(10)2)16(20)9-13-14(18)5-4-6-15(13)19/h4-8H,9H2,1-3H3. The quantitative estimate of drug-likeness (QED) is 0.795. The minimum Gasteiger partial charge on any atom is -0.496 e. The highest BCUT2D eigenvalue weighted by atomic mass is 19.1. The zero-order chi connectivity index (χ0) is 15.6. The first kappa shape index (κ1) is 15.2. The Bertz CT molecular complexity index is 673. The second-order valence-electron chi connectivity index (χ2n) is 4.89. The number of carbonyl (C=O) groups excluding carboxylic acids is 1. The number of Topliss-reactive ketones (excluding diaryl/α,β-unsaturated/α-hetero) is 1. The Kier molecular flexibility index (Phi) is 4.36. The first-order valence-electron chi connectivity index (χ1n) is 6.56. The molecule has 0 amide bonds. The van der Waals surface area contributed by atoms with Gasteiger partial charge in [0.25, 0.3) is 0 Å². The molecule has 0 saturated carbocycles. The molecule has 0 aliphatic heterocycles. The number of carbonyl (C=O) groups is 1. The number of hydrogen-bond acceptors (Lipinski definition) is 2. The molecule has 0 radical (unpaired) electrons. The molecule has 0 fully saturated rings. The third-order valence-electron chi connectivity index (χ3n) is 3.58. The van der Waals surface area contributed by atoms with Crippen LogP contribution in [-0.4, -0.2) is 12.9 Å². The molecule has 0 heterocycles. The Morgan fingerprint density at radius 3 is 2.29 bits per heavy atom. The lowest BCUT2D eigenvalue weighted by Crippen LogP contribution is -2.10. The van der Waals surface area contributed by atoms with Crippen LogP contribution >= 0.6 is 0 Å². The minimum atomic E-state index is -0.717. The molecular formula is C17H16F2O2. The van der Waals surface area contributed by atoms with Gasteiger partial charge in [0.2, 0.25) is 0 Å². The van der Waals surface area contributed by atoms with E-state index in [0.717, 1.165) is 23.3 Å². The molecule has 0 atom stereocenters. The van der Waals surface area contributed by atoms with E-state index in [4.69, 9.17) is 4.74 Å². The van der Waals surface area contributed by atoms with Crippen molar-refractivity contribution in [1.29, 1.82) is 0 Å². The van der Waals surface area contributed by atoms with Crippen molar-refractivity contribution in [3.63, 3.8) is 0 Å². The van der Waals surface area contributed by atoms with Crippen molar-refractivity contribution in [2.24, 2.45) is 0 Å². The lowest BCUT2D eigenvalue weighted by atomic mass is 9.97. The molecule has 0 bridgehead atoms. The first-order chi connectivity index (χ1) is 9.95. The molecular weight excluding hydrogens is 274 g/mol. The van der Waals surface area contributed by atoms with E-state index in [-0.39, 0.29) is 17.8 Å². The predicted octanol–water partition coefficient (Wildman–Crippen LogP) is 4.02. The van der Waals surface area contributed by atoms with Crippen molar-refractivity contribution in [2.75, 3.05) is 7.11 Å². The van der Waals surface area contributed by atoms with Crippen molar-refractivity contribution >= 4 is 5.78 Å². The fraction of sp³-hybridized carbons (Fsp3) is 0.235. The van der Waals surface area contributed by atoms with Crippen LogP contribution in [0.2, 0.25) is 0 Å². The maximum atomic E-state index is 13.6. The van der Waals surface area contributed by atoms with E-state index in [2.05, 4.69) is 0 Å². The van der Waals surface area contributed by atoms with Gasteiger partial charge in [0.05, 0.1) is 12.7 Å². The van der Waals surface area contributed by atoms with Gasteiger partial charge in [-0.3, -0.25) is 4.79 Å². The zero-order valence-corrected chi connectivity index (χ0v) is 12.2. The van der Waals surface area contributed by atoms with Crippen LogP contribution in [0.5, 0.6) is 5.75 Å². The third kappa shape index (κ3) is 2.94. The van der Waals surface area contributed by atoms with Crippen molar-refractivity contribution in [2.45, 2.75) is 20.3 Å². The maximum Gasteiger partial charge on any atom is 0.171 e. The van der Waals surface area contributed by atoms with E-state index in [0.29, 0.717) is 11.3 Å². The normalized spacial score (nSPS) is 10.5. The Balaban J connectivity index is 2.40. The van der Waals surface area contributed by atoms with Crippen LogP contribution in [0, 0.1) is 25.5 Å². The summed E-state index contributed by atoms with van der Waals surface area (Å²) in [5, 5.41) is 0. The smallest absolute Gasteiger partial charge is 0.171 e. The molecule has 4 heteroatoms. The van der Waals surface area contributed by atoms with Crippen LogP contribution in [0.25, 0.3) is 0 Å². The molecule has 110 valence electrons. The summed E-state index contributed by atoms with van der Waals surface area (Å²) >= 11 is 0. The van der Waals surface area contributed by atoms with Crippen molar-refractivity contribution in [3.8, 4) is 5.75 Å². The van der Waals surface area contributed by atoms with E-state index in [1.165, 1.54) is 13.2 Å². The van der Waals surface area contributed by atoms with Crippen LogP contribution in [0.3, 0.4) is 0 Å². The lowest BCUT2D eigenvalue weighted by molar-refractivity contribution is 0.0987. The number of ether oxygens (including phenoxy) is 1. The summed E-state index contributed by atoms with van der Waals surface area (Å²) in [7, 11) is 1.47. The summed E-state index contributed by atoms with van der Waals surface area (Å²) in [5.74, 6) is -1.35. The number of hydrogen-bond donors (Lipinski definition) is 0. The van der Waals surface area contributed by atoms with Crippen molar-refractivity contribution in [1.82, 2.24) is 0 Å². The van der Waals surface area contributed by atoms with Crippen LogP contribution in [0.4, 0.5) is 8.78 Å². The van der Waals surface area contributed by atoms with Gasteiger partial charge in [-0.2, -0.15) is 0 Å². The van der Waals surface area contributed by atoms with Gasteiger partial charge in [0.1, 0.15) is 17.4 Å². The van der Waals surface area contributed by atoms with E-state index < -0.39 is 11.6 Å². The van der Waals surface area contributed by atoms with Gasteiger partial charge in [-0.05, 0) is 43.2 Å². The Labute approximate surface area is 122 Å². The maximum absolute atomic E-state index is 13.6. The number of aryl methyl sites for hydroxylation is 1. The highest BCUT2D eigenvalue weighted by Crippen LogP contribution is 2.28. The number of ketones is 1. The lowest BCUT2D eigenvalue weighted by Gasteiger charge is -2.13. The van der Waals surface area contributed by atoms with Crippen LogP contribution in [0.15, 0.2) is 30.3 Å². The summed E-state index contributed by atoms with van der Waals surface area (Å²) in [6.07, 6.45) is -0.336. The third-order valence-corrected chi connectivity index (χ3v) is 3.58. The van der Waals surface area contributed by atoms with Gasteiger partial charge >= 0.3 is 0 Å². The van der Waals surface area contributed by atoms with E-state index in [1.54, 1.807) is 12.1 Å². The molecule has 2 nitrogen and oxygen atoms in total. The highest BCUT2D eigenvalue weighted by molar-refractivity contribution is 6.00. The van der Waals surface area contributed by atoms with E-state index in [1.807, 2.05) is 13.8 Å². The largest absolute Gasteiger partial charge is 0.496 e. The van der Waals surface area contributed by atoms with E-state index >= 15 is 0 Å². The predicted molar refractivity (Wildman–Crippen MR) is 76.9 cm³/mol. The van der Waals surface area contributed by atoms with Gasteiger partial charge in [0.15, 0.2) is 5.78 Å². The molecule has 0 aromatic heterocycles. The van der Waals surface area contributed by atoms with Gasteiger partial charge in [-0.15, -0.1) is 0 Å². The summed E-state index contributed by atoms with van der Waals surface area (Å²) in [6.45, 7) is 3.75. The minimum absolute atomic E-state index is 0.220. The molecule has 0 aliphatic rings. The monoisotopic (exact) mass is 290 g/mol. The molecule has 2 aromatic rings. The Morgan fingerprint density at radius 1 is 1.10 bits per heavy atom. The van der Waals surface area contributed by atoms with Crippen LogP contribution in [-0.2, 0) is 6.42 Å². The topological polar surface area (TPSA) is 26.3 Å². The van der Waals surface area contributed by atoms with Gasteiger partial charge in [0, 0.05) is 12.0 Å². The highest BCUT2D eigenvalue weighted by Gasteiger charge is 2.19. The van der Waals surface area contributed by atoms with Crippen LogP contribution in [0.1, 0.15) is 27.0 Å². The van der Waals surface area contributed by atoms with Gasteiger partial charge < -0.3 is 4.74 Å². The van der Waals surface area contributed by atoms with E-state index in [9.17, 15) is 13.6 Å². The number of halogens is 2. The molecule has 2 aromatic carbocycles. The van der Waals surface area contributed by atoms with Crippen LogP contribution < -0.4 is 4.74 Å². The fourth-order valence-electron chi connectivity index (χ4n) is 2.23. The molecule has 0 aliphatic carbocycles. The molecule has 0 unspecified atom stereocenters. The molecule has 0 N–H and O–H groups in total. The molecule has 0 saturated heterocycles. The Morgan fingerprint density at radius 2 is 1.71 bits per heavy atom.